The van der Waals surface area contributed by atoms with Gasteiger partial charge in [0.1, 0.15) is 0 Å². The van der Waals surface area contributed by atoms with Crippen LogP contribution in [0.5, 0.6) is 5.75 Å². The second-order valence-electron chi connectivity index (χ2n) is 12.0. The summed E-state index contributed by atoms with van der Waals surface area (Å²) in [6.45, 7) is 5.47. The largest absolute Gasteiger partial charge is 0.491 e. The van der Waals surface area contributed by atoms with Gasteiger partial charge in [-0.05, 0) is 55.4 Å². The van der Waals surface area contributed by atoms with Gasteiger partial charge in [-0.1, -0.05) is 42.5 Å². The summed E-state index contributed by atoms with van der Waals surface area (Å²) >= 11 is 0. The number of methoxy groups -OCH3 is 1. The number of aryl methyl sites for hydroxylation is 1. The molecular weight excluding hydrogens is 581 g/mol. The number of fused-ring (bicyclic) bond motifs is 2. The fraction of sp³-hybridized carbons (Fsp3) is 0.375. The molecular formula is C32H36FN5O5Si. The Hall–Kier alpha value is -4.13. The number of carbonyl (C=O) groups excluding carboxylic acids is 1. The average Bonchev–Trinajstić information content (AvgIpc) is 3.67. The Morgan fingerprint density at radius 2 is 1.93 bits per heavy atom. The predicted molar refractivity (Wildman–Crippen MR) is 165 cm³/mol. The number of nitrogens with zero attached hydrogens (tertiary/aromatic N) is 4. The number of rotatable bonds is 9. The molecule has 44 heavy (non-hydrogen) atoms. The second kappa shape index (κ2) is 11.4. The maximum Gasteiger partial charge on any atom is 0.297 e. The van der Waals surface area contributed by atoms with Crippen molar-refractivity contribution in [3.63, 3.8) is 0 Å². The van der Waals surface area contributed by atoms with Crippen molar-refractivity contribution in [2.45, 2.75) is 56.1 Å². The summed E-state index contributed by atoms with van der Waals surface area (Å²) in [6, 6.07) is 18.2. The van der Waals surface area contributed by atoms with Crippen molar-refractivity contribution in [3.05, 3.63) is 100 Å². The number of amides is 1. The van der Waals surface area contributed by atoms with Gasteiger partial charge in [-0.15, -0.1) is 5.10 Å². The molecule has 0 bridgehead atoms. The Kier molecular flexibility index (Phi) is 7.76. The third-order valence-corrected chi connectivity index (χ3v) is 11.5. The van der Waals surface area contributed by atoms with Gasteiger partial charge in [0.25, 0.3) is 11.5 Å². The monoisotopic (exact) mass is 617 g/mol. The van der Waals surface area contributed by atoms with Gasteiger partial charge in [0.2, 0.25) is 8.41 Å². The molecule has 2 aliphatic heterocycles. The molecule has 1 unspecified atom stereocenters. The minimum atomic E-state index is -3.35. The van der Waals surface area contributed by atoms with Crippen molar-refractivity contribution in [2.75, 3.05) is 19.0 Å². The van der Waals surface area contributed by atoms with E-state index in [-0.39, 0.29) is 29.7 Å². The first-order valence-corrected chi connectivity index (χ1v) is 17.7. The van der Waals surface area contributed by atoms with Gasteiger partial charge < -0.3 is 24.0 Å². The summed E-state index contributed by atoms with van der Waals surface area (Å²) in [5.74, 6) is -0.928. The van der Waals surface area contributed by atoms with Crippen LogP contribution >= 0.6 is 0 Å². The lowest BCUT2D eigenvalue weighted by atomic mass is 9.82. The minimum Gasteiger partial charge on any atom is -0.491 e. The van der Waals surface area contributed by atoms with E-state index in [1.165, 1.54) is 11.7 Å². The van der Waals surface area contributed by atoms with E-state index in [0.717, 1.165) is 5.56 Å². The van der Waals surface area contributed by atoms with Gasteiger partial charge >= 0.3 is 0 Å². The Bertz CT molecular complexity index is 1740. The number of carbonyl (C=O) groups is 1. The number of aromatic nitrogens is 4. The number of nitrogens with one attached hydrogen (secondary N) is 1. The number of hydrogen-bond donors (Lipinski definition) is 2. The molecule has 2 aliphatic rings. The molecule has 6 rings (SSSR count). The molecule has 5 atom stereocenters. The summed E-state index contributed by atoms with van der Waals surface area (Å²) in [4.78, 5) is 26.7. The summed E-state index contributed by atoms with van der Waals surface area (Å²) in [5.41, 5.74) is 1.05. The Labute approximate surface area is 255 Å². The lowest BCUT2D eigenvalue weighted by Gasteiger charge is -2.30. The van der Waals surface area contributed by atoms with Crippen molar-refractivity contribution >= 4 is 20.0 Å². The van der Waals surface area contributed by atoms with Crippen LogP contribution in [0.2, 0.25) is 18.6 Å². The van der Waals surface area contributed by atoms with Gasteiger partial charge in [0, 0.05) is 47.3 Å². The first-order chi connectivity index (χ1) is 21.1. The van der Waals surface area contributed by atoms with E-state index in [9.17, 15) is 14.7 Å². The van der Waals surface area contributed by atoms with E-state index in [0.29, 0.717) is 35.6 Å². The summed E-state index contributed by atoms with van der Waals surface area (Å²) < 4.78 is 31.1. The maximum absolute atomic E-state index is 16.1. The molecule has 12 heteroatoms. The molecule has 4 aromatic rings. The maximum atomic E-state index is 16.1. The van der Waals surface area contributed by atoms with Crippen molar-refractivity contribution in [1.29, 1.82) is 0 Å². The van der Waals surface area contributed by atoms with Gasteiger partial charge in [-0.25, -0.2) is 0 Å². The number of ether oxygens (including phenoxy) is 2. The van der Waals surface area contributed by atoms with Crippen molar-refractivity contribution in [1.82, 2.24) is 19.6 Å². The van der Waals surface area contributed by atoms with E-state index in [1.54, 1.807) is 60.5 Å². The van der Waals surface area contributed by atoms with Gasteiger partial charge in [0.15, 0.2) is 11.4 Å². The number of hydrogen-bond acceptors (Lipinski definition) is 7. The van der Waals surface area contributed by atoms with Crippen LogP contribution < -0.4 is 15.6 Å². The highest BCUT2D eigenvalue weighted by Crippen LogP contribution is 2.59. The smallest absolute Gasteiger partial charge is 0.297 e. The average molecular weight is 618 g/mol. The SMILES string of the molecule is COc1cccn(-c2ccc3c(c2)[C@@]2(O[C@H](CCn4cc(C(CO)c5ccccc5)nn4)[C@@H]([Si](C)(C)F)[C@@H]2C)C(=O)N3)c1=O. The molecule has 230 valence electrons. The molecule has 0 saturated carbocycles. The zero-order valence-electron chi connectivity index (χ0n) is 25.1. The van der Waals surface area contributed by atoms with Crippen LogP contribution in [0, 0.1) is 5.92 Å². The lowest BCUT2D eigenvalue weighted by Crippen LogP contribution is -2.42. The topological polar surface area (TPSA) is 120 Å². The molecule has 0 radical (unpaired) electrons. The van der Waals surface area contributed by atoms with E-state index in [4.69, 9.17) is 9.47 Å². The predicted octanol–water partition coefficient (Wildman–Crippen LogP) is 4.38. The molecule has 2 aromatic heterocycles. The van der Waals surface area contributed by atoms with Crippen LogP contribution in [-0.2, 0) is 21.7 Å². The first-order valence-electron chi connectivity index (χ1n) is 14.7. The Morgan fingerprint density at radius 1 is 1.16 bits per heavy atom. The van der Waals surface area contributed by atoms with Crippen molar-refractivity contribution in [2.24, 2.45) is 5.92 Å². The minimum absolute atomic E-state index is 0.114. The van der Waals surface area contributed by atoms with Crippen LogP contribution in [0.25, 0.3) is 5.69 Å². The number of halogens is 1. The molecule has 0 aliphatic carbocycles. The summed E-state index contributed by atoms with van der Waals surface area (Å²) in [6.07, 6.45) is 3.28. The van der Waals surface area contributed by atoms with E-state index >= 15 is 4.11 Å². The highest BCUT2D eigenvalue weighted by atomic mass is 28.4. The Morgan fingerprint density at radius 3 is 2.64 bits per heavy atom. The van der Waals surface area contributed by atoms with Crippen LogP contribution in [0.3, 0.4) is 0 Å². The van der Waals surface area contributed by atoms with E-state index in [2.05, 4.69) is 15.6 Å². The lowest BCUT2D eigenvalue weighted by molar-refractivity contribution is -0.143. The number of anilines is 1. The first kappa shape index (κ1) is 29.9. The second-order valence-corrected chi connectivity index (χ2v) is 15.8. The molecule has 4 heterocycles. The molecule has 1 saturated heterocycles. The molecule has 2 aromatic carbocycles. The number of aliphatic hydroxyl groups excluding tert-OH is 1. The molecule has 1 fully saturated rings. The van der Waals surface area contributed by atoms with E-state index in [1.807, 2.05) is 37.3 Å². The van der Waals surface area contributed by atoms with E-state index < -0.39 is 31.6 Å². The highest BCUT2D eigenvalue weighted by Gasteiger charge is 2.65. The van der Waals surface area contributed by atoms with Gasteiger partial charge in [-0.3, -0.25) is 18.8 Å². The number of benzene rings is 2. The van der Waals surface area contributed by atoms with Crippen LogP contribution in [0.15, 0.2) is 77.9 Å². The van der Waals surface area contributed by atoms with Crippen LogP contribution in [0.1, 0.15) is 36.1 Å². The standard InChI is InChI=1S/C32H36FN5O5Si/c1-20-29(44(3,4)33)27(14-16-37-18-26(35-36-37)23(19-39)21-9-6-5-7-10-21)43-32(20)24-17-22(12-13-25(24)34-31(32)41)38-15-8-11-28(42-2)30(38)40/h5-13,15,17-18,20,23,27,29,39H,14,16,19H2,1-4H3,(H,34,41)/t20-,23?,27+,29-,32+/m0/s1. The molecule has 2 N–H and O–H groups in total. The number of aliphatic hydroxyl groups is 1. The number of pyridine rings is 1. The zero-order chi connectivity index (χ0) is 31.2. The third kappa shape index (κ3) is 4.96. The molecule has 10 nitrogen and oxygen atoms in total. The highest BCUT2D eigenvalue weighted by molar-refractivity contribution is 6.72. The van der Waals surface area contributed by atoms with Crippen LogP contribution in [0.4, 0.5) is 9.80 Å². The fourth-order valence-corrected chi connectivity index (χ4v) is 9.55. The zero-order valence-corrected chi connectivity index (χ0v) is 26.1. The molecule has 1 amide bonds. The normalized spacial score (nSPS) is 23.5. The van der Waals surface area contributed by atoms with Gasteiger partial charge in [-0.2, -0.15) is 0 Å². The van der Waals surface area contributed by atoms with Crippen molar-refractivity contribution in [3.8, 4) is 11.4 Å². The van der Waals surface area contributed by atoms with Crippen LogP contribution in [-0.4, -0.2) is 58.8 Å². The summed E-state index contributed by atoms with van der Waals surface area (Å²) in [5, 5.41) is 21.6. The van der Waals surface area contributed by atoms with Crippen molar-refractivity contribution < 1.29 is 23.5 Å². The van der Waals surface area contributed by atoms with Gasteiger partial charge in [0.05, 0.1) is 31.4 Å². The summed E-state index contributed by atoms with van der Waals surface area (Å²) in [7, 11) is -1.91. The third-order valence-electron chi connectivity index (χ3n) is 9.05. The molecule has 1 spiro atoms. The fourth-order valence-electron chi connectivity index (χ4n) is 7.00. The Balaban J connectivity index is 1.31. The quantitative estimate of drug-likeness (QED) is 0.211.